The zero-order chi connectivity index (χ0) is 20.9. The van der Waals surface area contributed by atoms with Crippen LogP contribution in [0.3, 0.4) is 0 Å². The minimum atomic E-state index is -3.80. The van der Waals surface area contributed by atoms with E-state index < -0.39 is 16.1 Å². The highest BCUT2D eigenvalue weighted by molar-refractivity contribution is 7.89. The van der Waals surface area contributed by atoms with Crippen molar-refractivity contribution in [1.82, 2.24) is 4.72 Å². The molecule has 8 heteroatoms. The van der Waals surface area contributed by atoms with Crippen LogP contribution in [0.2, 0.25) is 0 Å². The number of aliphatic hydroxyl groups is 1. The number of anilines is 2. The second-order valence-corrected chi connectivity index (χ2v) is 8.47. The molecule has 0 aliphatic heterocycles. The molecule has 0 fully saturated rings. The van der Waals surface area contributed by atoms with Crippen LogP contribution < -0.4 is 14.9 Å². The van der Waals surface area contributed by atoms with E-state index in [0.29, 0.717) is 23.2 Å². The molecule has 1 unspecified atom stereocenters. The van der Waals surface area contributed by atoms with Gasteiger partial charge in [-0.3, -0.25) is 4.79 Å². The summed E-state index contributed by atoms with van der Waals surface area (Å²) >= 11 is 0. The number of carbonyl (C=O) groups excluding carboxylic acids is 1. The molecule has 0 heterocycles. The van der Waals surface area contributed by atoms with Crippen molar-refractivity contribution in [3.05, 3.63) is 53.6 Å². The molecular weight excluding hydrogens is 378 g/mol. The Morgan fingerprint density at radius 3 is 2.32 bits per heavy atom. The van der Waals surface area contributed by atoms with Crippen molar-refractivity contribution in [2.24, 2.45) is 0 Å². The lowest BCUT2D eigenvalue weighted by molar-refractivity contribution is -0.115. The Hall–Kier alpha value is -2.42. The monoisotopic (exact) mass is 405 g/mol. The molecule has 1 atom stereocenters. The van der Waals surface area contributed by atoms with Gasteiger partial charge < -0.3 is 15.3 Å². The van der Waals surface area contributed by atoms with Gasteiger partial charge in [0.2, 0.25) is 15.9 Å². The Bertz CT molecular complexity index is 925. The van der Waals surface area contributed by atoms with E-state index in [9.17, 15) is 18.3 Å². The number of nitrogens with one attached hydrogen (secondary N) is 2. The van der Waals surface area contributed by atoms with Gasteiger partial charge >= 0.3 is 0 Å². The lowest BCUT2D eigenvalue weighted by atomic mass is 10.1. The maximum atomic E-state index is 12.6. The molecule has 3 N–H and O–H groups in total. The van der Waals surface area contributed by atoms with Crippen LogP contribution in [-0.2, 0) is 14.8 Å². The highest BCUT2D eigenvalue weighted by atomic mass is 32.2. The van der Waals surface area contributed by atoms with Crippen molar-refractivity contribution in [2.45, 2.75) is 31.3 Å². The van der Waals surface area contributed by atoms with Crippen molar-refractivity contribution in [3.63, 3.8) is 0 Å². The molecule has 28 heavy (non-hydrogen) atoms. The number of aliphatic hydroxyl groups excluding tert-OH is 1. The first-order chi connectivity index (χ1) is 13.1. The Morgan fingerprint density at radius 1 is 1.14 bits per heavy atom. The molecular formula is C20H27N3O4S. The van der Waals surface area contributed by atoms with Crippen molar-refractivity contribution < 1.29 is 18.3 Å². The predicted octanol–water partition coefficient (Wildman–Crippen LogP) is 2.42. The third-order valence-corrected chi connectivity index (χ3v) is 5.91. The van der Waals surface area contributed by atoms with Crippen molar-refractivity contribution in [2.75, 3.05) is 30.9 Å². The summed E-state index contributed by atoms with van der Waals surface area (Å²) in [6, 6.07) is 11.9. The van der Waals surface area contributed by atoms with Gasteiger partial charge in [-0.2, -0.15) is 0 Å². The molecule has 152 valence electrons. The van der Waals surface area contributed by atoms with Gasteiger partial charge in [-0.25, -0.2) is 13.1 Å². The largest absolute Gasteiger partial charge is 0.387 e. The fourth-order valence-corrected chi connectivity index (χ4v) is 3.92. The maximum Gasteiger partial charge on any atom is 0.240 e. The van der Waals surface area contributed by atoms with Gasteiger partial charge in [0.25, 0.3) is 0 Å². The minimum absolute atomic E-state index is 0.108. The molecule has 2 aromatic carbocycles. The molecule has 0 saturated carbocycles. The standard InChI is InChI=1S/C20H27N3O4S/c1-5-20(25)22-16-8-11-19(14(2)12-16)28(26,27)21-13-18(24)15-6-9-17(10-7-15)23(3)4/h6-12,18,21,24H,5,13H2,1-4H3,(H,22,25). The van der Waals surface area contributed by atoms with E-state index in [2.05, 4.69) is 10.0 Å². The number of hydrogen-bond acceptors (Lipinski definition) is 5. The van der Waals surface area contributed by atoms with E-state index in [1.807, 2.05) is 31.1 Å². The van der Waals surface area contributed by atoms with Crippen LogP contribution in [0.5, 0.6) is 0 Å². The summed E-state index contributed by atoms with van der Waals surface area (Å²) in [7, 11) is 0.0377. The molecule has 2 aromatic rings. The number of carbonyl (C=O) groups is 1. The Kier molecular flexibility index (Phi) is 7.17. The van der Waals surface area contributed by atoms with Crippen LogP contribution >= 0.6 is 0 Å². The summed E-state index contributed by atoms with van der Waals surface area (Å²) in [6.45, 7) is 3.26. The molecule has 1 amide bonds. The fraction of sp³-hybridized carbons (Fsp3) is 0.350. The second kappa shape index (κ2) is 9.18. The topological polar surface area (TPSA) is 98.7 Å². The fourth-order valence-electron chi connectivity index (χ4n) is 2.66. The molecule has 0 aliphatic carbocycles. The molecule has 0 aliphatic rings. The number of amides is 1. The van der Waals surface area contributed by atoms with Crippen LogP contribution in [-0.4, -0.2) is 40.1 Å². The van der Waals surface area contributed by atoms with Crippen LogP contribution in [0.1, 0.15) is 30.6 Å². The van der Waals surface area contributed by atoms with Gasteiger partial charge in [-0.15, -0.1) is 0 Å². The molecule has 0 bridgehead atoms. The highest BCUT2D eigenvalue weighted by Crippen LogP contribution is 2.21. The van der Waals surface area contributed by atoms with Crippen LogP contribution in [0.25, 0.3) is 0 Å². The van der Waals surface area contributed by atoms with E-state index in [0.717, 1.165) is 5.69 Å². The van der Waals surface area contributed by atoms with Gasteiger partial charge in [0.15, 0.2) is 0 Å². The number of benzene rings is 2. The van der Waals surface area contributed by atoms with Crippen LogP contribution in [0.15, 0.2) is 47.4 Å². The lowest BCUT2D eigenvalue weighted by Gasteiger charge is -2.16. The summed E-state index contributed by atoms with van der Waals surface area (Å²) in [4.78, 5) is 13.5. The van der Waals surface area contributed by atoms with Crippen molar-refractivity contribution >= 4 is 27.3 Å². The van der Waals surface area contributed by atoms with Gasteiger partial charge in [0, 0.05) is 38.4 Å². The molecule has 2 rings (SSSR count). The second-order valence-electron chi connectivity index (χ2n) is 6.74. The molecule has 0 aromatic heterocycles. The summed E-state index contributed by atoms with van der Waals surface area (Å²) < 4.78 is 27.7. The molecule has 0 spiro atoms. The highest BCUT2D eigenvalue weighted by Gasteiger charge is 2.19. The number of sulfonamides is 1. The first-order valence-electron chi connectivity index (χ1n) is 8.99. The Balaban J connectivity index is 2.07. The Labute approximate surface area is 166 Å². The van der Waals surface area contributed by atoms with Crippen LogP contribution in [0, 0.1) is 6.92 Å². The normalized spacial score (nSPS) is 12.5. The van der Waals surface area contributed by atoms with E-state index in [1.165, 1.54) is 6.07 Å². The van der Waals surface area contributed by atoms with Gasteiger partial charge in [-0.05, 0) is 48.4 Å². The molecule has 0 radical (unpaired) electrons. The third kappa shape index (κ3) is 5.54. The van der Waals surface area contributed by atoms with E-state index in [4.69, 9.17) is 0 Å². The smallest absolute Gasteiger partial charge is 0.240 e. The van der Waals surface area contributed by atoms with Crippen LogP contribution in [0.4, 0.5) is 11.4 Å². The number of nitrogens with zero attached hydrogens (tertiary/aromatic N) is 1. The van der Waals surface area contributed by atoms with Gasteiger partial charge in [0.05, 0.1) is 11.0 Å². The van der Waals surface area contributed by atoms with E-state index >= 15 is 0 Å². The van der Waals surface area contributed by atoms with Crippen molar-refractivity contribution in [1.29, 1.82) is 0 Å². The van der Waals surface area contributed by atoms with E-state index in [1.54, 1.807) is 38.1 Å². The summed E-state index contributed by atoms with van der Waals surface area (Å²) in [5.41, 5.74) is 2.67. The number of aryl methyl sites for hydroxylation is 1. The average molecular weight is 406 g/mol. The maximum absolute atomic E-state index is 12.6. The van der Waals surface area contributed by atoms with Gasteiger partial charge in [-0.1, -0.05) is 19.1 Å². The minimum Gasteiger partial charge on any atom is -0.387 e. The average Bonchev–Trinajstić information content (AvgIpc) is 2.66. The lowest BCUT2D eigenvalue weighted by Crippen LogP contribution is -2.29. The number of rotatable bonds is 8. The predicted molar refractivity (Wildman–Crippen MR) is 111 cm³/mol. The summed E-state index contributed by atoms with van der Waals surface area (Å²) in [5, 5.41) is 13.0. The zero-order valence-electron chi connectivity index (χ0n) is 16.6. The SMILES string of the molecule is CCC(=O)Nc1ccc(S(=O)(=O)NCC(O)c2ccc(N(C)C)cc2)c(C)c1. The van der Waals surface area contributed by atoms with E-state index in [-0.39, 0.29) is 17.3 Å². The zero-order valence-corrected chi connectivity index (χ0v) is 17.4. The summed E-state index contributed by atoms with van der Waals surface area (Å²) in [5.74, 6) is -0.142. The van der Waals surface area contributed by atoms with Crippen molar-refractivity contribution in [3.8, 4) is 0 Å². The first kappa shape index (κ1) is 21.9. The Morgan fingerprint density at radius 2 is 1.79 bits per heavy atom. The first-order valence-corrected chi connectivity index (χ1v) is 10.5. The molecule has 0 saturated heterocycles. The van der Waals surface area contributed by atoms with Gasteiger partial charge in [0.1, 0.15) is 0 Å². The quantitative estimate of drug-likeness (QED) is 0.626. The molecule has 7 nitrogen and oxygen atoms in total. The third-order valence-electron chi connectivity index (χ3n) is 4.33. The summed E-state index contributed by atoms with van der Waals surface area (Å²) in [6.07, 6.45) is -0.622. The number of hydrogen-bond donors (Lipinski definition) is 3.